The molecule has 3 rings (SSSR count). The molecule has 2 aromatic carbocycles. The Hall–Kier alpha value is -3.35. The highest BCUT2D eigenvalue weighted by Crippen LogP contribution is 2.21. The molecule has 2 aromatic rings. The molecule has 1 atom stereocenters. The van der Waals surface area contributed by atoms with Crippen LogP contribution in [-0.2, 0) is 9.53 Å². The van der Waals surface area contributed by atoms with Crippen molar-refractivity contribution < 1.29 is 19.1 Å². The second-order valence-electron chi connectivity index (χ2n) is 5.84. The lowest BCUT2D eigenvalue weighted by atomic mass is 10.2. The highest BCUT2D eigenvalue weighted by atomic mass is 16.5. The monoisotopic (exact) mass is 353 g/mol. The van der Waals surface area contributed by atoms with Crippen LogP contribution in [0.3, 0.4) is 0 Å². The van der Waals surface area contributed by atoms with E-state index in [2.05, 4.69) is 15.4 Å². The van der Waals surface area contributed by atoms with E-state index in [-0.39, 0.29) is 5.91 Å². The number of anilines is 2. The summed E-state index contributed by atoms with van der Waals surface area (Å²) in [5.74, 6) is -0.631. The fourth-order valence-corrected chi connectivity index (χ4v) is 2.85. The van der Waals surface area contributed by atoms with Crippen LogP contribution in [0.4, 0.5) is 16.2 Å². The second-order valence-corrected chi connectivity index (χ2v) is 5.84. The Balaban J connectivity index is 1.61. The Bertz CT molecular complexity index is 823. The molecule has 2 N–H and O–H groups in total. The van der Waals surface area contributed by atoms with Crippen LogP contribution in [0.25, 0.3) is 0 Å². The van der Waals surface area contributed by atoms with Crippen molar-refractivity contribution in [1.82, 2.24) is 5.32 Å². The molecule has 134 valence electrons. The molecule has 1 unspecified atom stereocenters. The number of para-hydroxylation sites is 1. The zero-order valence-corrected chi connectivity index (χ0v) is 14.3. The lowest BCUT2D eigenvalue weighted by molar-refractivity contribution is -0.118. The molecular formula is C19H19N3O4. The Morgan fingerprint density at radius 3 is 2.62 bits per heavy atom. The van der Waals surface area contributed by atoms with Gasteiger partial charge in [0.1, 0.15) is 6.04 Å². The third kappa shape index (κ3) is 3.83. The highest BCUT2D eigenvalue weighted by molar-refractivity contribution is 6.02. The Kier molecular flexibility index (Phi) is 5.17. The SMILES string of the molecule is COC(=O)c1cccc(NC(=O)NC2CCN(c3ccccc3)C2=O)c1. The Labute approximate surface area is 150 Å². The molecule has 0 aromatic heterocycles. The summed E-state index contributed by atoms with van der Waals surface area (Å²) in [6, 6.07) is 14.6. The van der Waals surface area contributed by atoms with E-state index >= 15 is 0 Å². The van der Waals surface area contributed by atoms with Gasteiger partial charge in [-0.05, 0) is 36.8 Å². The molecule has 1 fully saturated rings. The molecule has 1 aliphatic heterocycles. The van der Waals surface area contributed by atoms with Gasteiger partial charge in [0.25, 0.3) is 0 Å². The van der Waals surface area contributed by atoms with E-state index in [1.165, 1.54) is 13.2 Å². The smallest absolute Gasteiger partial charge is 0.337 e. The summed E-state index contributed by atoms with van der Waals surface area (Å²) in [4.78, 5) is 37.9. The molecule has 26 heavy (non-hydrogen) atoms. The number of carbonyl (C=O) groups excluding carboxylic acids is 3. The van der Waals surface area contributed by atoms with E-state index in [9.17, 15) is 14.4 Å². The van der Waals surface area contributed by atoms with Crippen molar-refractivity contribution in [3.63, 3.8) is 0 Å². The minimum absolute atomic E-state index is 0.144. The molecule has 0 bridgehead atoms. The number of amides is 3. The van der Waals surface area contributed by atoms with E-state index in [1.54, 1.807) is 23.1 Å². The van der Waals surface area contributed by atoms with Crippen LogP contribution < -0.4 is 15.5 Å². The summed E-state index contributed by atoms with van der Waals surface area (Å²) in [6.07, 6.45) is 0.531. The van der Waals surface area contributed by atoms with Gasteiger partial charge in [0.15, 0.2) is 0 Å². The minimum Gasteiger partial charge on any atom is -0.465 e. The van der Waals surface area contributed by atoms with Gasteiger partial charge in [-0.25, -0.2) is 9.59 Å². The molecule has 1 saturated heterocycles. The Morgan fingerprint density at radius 2 is 1.88 bits per heavy atom. The van der Waals surface area contributed by atoms with Crippen LogP contribution in [0.2, 0.25) is 0 Å². The average Bonchev–Trinajstić information content (AvgIpc) is 3.02. The number of carbonyl (C=O) groups is 3. The van der Waals surface area contributed by atoms with E-state index < -0.39 is 18.0 Å². The number of nitrogens with one attached hydrogen (secondary N) is 2. The van der Waals surface area contributed by atoms with Crippen molar-refractivity contribution in [2.24, 2.45) is 0 Å². The van der Waals surface area contributed by atoms with Gasteiger partial charge in [0.05, 0.1) is 12.7 Å². The van der Waals surface area contributed by atoms with Gasteiger partial charge < -0.3 is 20.3 Å². The molecule has 7 nitrogen and oxygen atoms in total. The quantitative estimate of drug-likeness (QED) is 0.826. The molecule has 0 saturated carbocycles. The van der Waals surface area contributed by atoms with Crippen LogP contribution in [0.1, 0.15) is 16.8 Å². The normalized spacial score (nSPS) is 16.3. The van der Waals surface area contributed by atoms with Crippen molar-refractivity contribution in [2.45, 2.75) is 12.5 Å². The second kappa shape index (κ2) is 7.69. The topological polar surface area (TPSA) is 87.7 Å². The van der Waals surface area contributed by atoms with Crippen LogP contribution in [0, 0.1) is 0 Å². The predicted octanol–water partition coefficient (Wildman–Crippen LogP) is 2.40. The number of esters is 1. The van der Waals surface area contributed by atoms with Gasteiger partial charge in [-0.1, -0.05) is 24.3 Å². The van der Waals surface area contributed by atoms with Crippen molar-refractivity contribution in [2.75, 3.05) is 23.9 Å². The van der Waals surface area contributed by atoms with Crippen molar-refractivity contribution >= 4 is 29.3 Å². The van der Waals surface area contributed by atoms with Crippen molar-refractivity contribution in [3.05, 3.63) is 60.2 Å². The van der Waals surface area contributed by atoms with Crippen LogP contribution >= 0.6 is 0 Å². The van der Waals surface area contributed by atoms with Crippen molar-refractivity contribution in [1.29, 1.82) is 0 Å². The molecule has 1 heterocycles. The number of hydrogen-bond donors (Lipinski definition) is 2. The van der Waals surface area contributed by atoms with E-state index in [1.807, 2.05) is 30.3 Å². The summed E-state index contributed by atoms with van der Waals surface area (Å²) >= 11 is 0. The first-order chi connectivity index (χ1) is 12.6. The first-order valence-electron chi connectivity index (χ1n) is 8.21. The van der Waals surface area contributed by atoms with Crippen molar-refractivity contribution in [3.8, 4) is 0 Å². The maximum atomic E-state index is 12.5. The van der Waals surface area contributed by atoms with Crippen LogP contribution in [0.5, 0.6) is 0 Å². The number of nitrogens with zero attached hydrogens (tertiary/aromatic N) is 1. The van der Waals surface area contributed by atoms with Crippen LogP contribution in [-0.4, -0.2) is 37.6 Å². The third-order valence-corrected chi connectivity index (χ3v) is 4.12. The highest BCUT2D eigenvalue weighted by Gasteiger charge is 2.33. The average molecular weight is 353 g/mol. The van der Waals surface area contributed by atoms with Gasteiger partial charge in [0, 0.05) is 17.9 Å². The van der Waals surface area contributed by atoms with E-state index in [0.29, 0.717) is 24.2 Å². The number of rotatable bonds is 4. The fourth-order valence-electron chi connectivity index (χ4n) is 2.85. The minimum atomic E-state index is -0.584. The number of benzene rings is 2. The first kappa shape index (κ1) is 17.5. The van der Waals surface area contributed by atoms with Gasteiger partial charge in [-0.3, -0.25) is 4.79 Å². The molecule has 1 aliphatic rings. The van der Waals surface area contributed by atoms with Gasteiger partial charge in [0.2, 0.25) is 5.91 Å². The van der Waals surface area contributed by atoms with Crippen LogP contribution in [0.15, 0.2) is 54.6 Å². The predicted molar refractivity (Wildman–Crippen MR) is 97.1 cm³/mol. The summed E-state index contributed by atoms with van der Waals surface area (Å²) in [7, 11) is 1.29. The Morgan fingerprint density at radius 1 is 1.12 bits per heavy atom. The maximum Gasteiger partial charge on any atom is 0.337 e. The summed E-state index contributed by atoms with van der Waals surface area (Å²) < 4.78 is 4.65. The fraction of sp³-hybridized carbons (Fsp3) is 0.211. The molecule has 0 radical (unpaired) electrons. The third-order valence-electron chi connectivity index (χ3n) is 4.12. The standard InChI is InChI=1S/C19H19N3O4/c1-26-18(24)13-6-5-7-14(12-13)20-19(25)21-16-10-11-22(17(16)23)15-8-3-2-4-9-15/h2-9,12,16H,10-11H2,1H3,(H2,20,21,25). The van der Waals surface area contributed by atoms with E-state index in [4.69, 9.17) is 0 Å². The molecule has 3 amide bonds. The van der Waals surface area contributed by atoms with Gasteiger partial charge in [-0.15, -0.1) is 0 Å². The number of ether oxygens (including phenoxy) is 1. The lowest BCUT2D eigenvalue weighted by Gasteiger charge is -2.17. The zero-order valence-electron chi connectivity index (χ0n) is 14.3. The van der Waals surface area contributed by atoms with E-state index in [0.717, 1.165) is 5.69 Å². The number of methoxy groups -OCH3 is 1. The summed E-state index contributed by atoms with van der Waals surface area (Å²) in [5, 5.41) is 5.32. The molecule has 0 spiro atoms. The molecule has 7 heteroatoms. The maximum absolute atomic E-state index is 12.5. The van der Waals surface area contributed by atoms with Gasteiger partial charge >= 0.3 is 12.0 Å². The molecule has 0 aliphatic carbocycles. The summed E-state index contributed by atoms with van der Waals surface area (Å²) in [6.45, 7) is 0.547. The lowest BCUT2D eigenvalue weighted by Crippen LogP contribution is -2.43. The van der Waals surface area contributed by atoms with Gasteiger partial charge in [-0.2, -0.15) is 0 Å². The number of hydrogen-bond acceptors (Lipinski definition) is 4. The first-order valence-corrected chi connectivity index (χ1v) is 8.21. The number of urea groups is 1. The summed E-state index contributed by atoms with van der Waals surface area (Å²) in [5.41, 5.74) is 1.58. The molecular weight excluding hydrogens is 334 g/mol. The largest absolute Gasteiger partial charge is 0.465 e. The zero-order chi connectivity index (χ0) is 18.5.